The first-order chi connectivity index (χ1) is 9.88. The van der Waals surface area contributed by atoms with E-state index < -0.39 is 9.84 Å². The van der Waals surface area contributed by atoms with Gasteiger partial charge in [0.2, 0.25) is 0 Å². The molecule has 2 aromatic carbocycles. The second-order valence-corrected chi connectivity index (χ2v) is 7.04. The smallest absolute Gasteiger partial charge is 0.178 e. The Hall–Kier alpha value is -2.14. The standard InChI is InChI=1S/C16H17NO3S/c1-12-2-8-15(9-3-12)21(19,20)11-10-16(18)13-4-6-14(17)7-5-13/h2-9H,10-11,17H2,1H3. The van der Waals surface area contributed by atoms with Crippen molar-refractivity contribution in [2.75, 3.05) is 11.5 Å². The molecule has 21 heavy (non-hydrogen) atoms. The van der Waals surface area contributed by atoms with E-state index in [0.717, 1.165) is 5.56 Å². The fourth-order valence-corrected chi connectivity index (χ4v) is 3.14. The summed E-state index contributed by atoms with van der Waals surface area (Å²) in [7, 11) is -3.43. The minimum Gasteiger partial charge on any atom is -0.399 e. The van der Waals surface area contributed by atoms with Crippen molar-refractivity contribution in [2.45, 2.75) is 18.2 Å². The molecule has 0 unspecified atom stereocenters. The van der Waals surface area contributed by atoms with Gasteiger partial charge in [-0.3, -0.25) is 4.79 Å². The Bertz CT molecular complexity index is 732. The molecule has 0 fully saturated rings. The van der Waals surface area contributed by atoms with Gasteiger partial charge in [-0.2, -0.15) is 0 Å². The first-order valence-corrected chi connectivity index (χ1v) is 8.22. The van der Waals surface area contributed by atoms with E-state index in [4.69, 9.17) is 5.73 Å². The van der Waals surface area contributed by atoms with Gasteiger partial charge in [0.15, 0.2) is 15.6 Å². The molecule has 5 heteroatoms. The molecule has 0 aromatic heterocycles. The number of hydrogen-bond acceptors (Lipinski definition) is 4. The maximum Gasteiger partial charge on any atom is 0.178 e. The summed E-state index contributed by atoms with van der Waals surface area (Å²) < 4.78 is 24.3. The van der Waals surface area contributed by atoms with Crippen molar-refractivity contribution >= 4 is 21.3 Å². The predicted octanol–water partition coefficient (Wildman–Crippen LogP) is 2.62. The van der Waals surface area contributed by atoms with E-state index in [9.17, 15) is 13.2 Å². The molecule has 110 valence electrons. The molecule has 0 spiro atoms. The number of anilines is 1. The van der Waals surface area contributed by atoms with Crippen molar-refractivity contribution < 1.29 is 13.2 Å². The van der Waals surface area contributed by atoms with Crippen LogP contribution in [-0.2, 0) is 9.84 Å². The number of carbonyl (C=O) groups is 1. The molecule has 0 aliphatic rings. The number of ketones is 1. The van der Waals surface area contributed by atoms with Crippen molar-refractivity contribution in [3.8, 4) is 0 Å². The summed E-state index contributed by atoms with van der Waals surface area (Å²) in [6.45, 7) is 1.89. The van der Waals surface area contributed by atoms with Gasteiger partial charge in [-0.1, -0.05) is 17.7 Å². The van der Waals surface area contributed by atoms with E-state index in [1.54, 1.807) is 48.5 Å². The number of rotatable bonds is 5. The van der Waals surface area contributed by atoms with E-state index >= 15 is 0 Å². The normalized spacial score (nSPS) is 11.3. The summed E-state index contributed by atoms with van der Waals surface area (Å²) >= 11 is 0. The van der Waals surface area contributed by atoms with Crippen LogP contribution in [0.2, 0.25) is 0 Å². The van der Waals surface area contributed by atoms with Crippen LogP contribution >= 0.6 is 0 Å². The third-order valence-electron chi connectivity index (χ3n) is 3.21. The average Bonchev–Trinajstić information content (AvgIpc) is 2.46. The third-order valence-corrected chi connectivity index (χ3v) is 4.94. The quantitative estimate of drug-likeness (QED) is 0.680. The number of aryl methyl sites for hydroxylation is 1. The van der Waals surface area contributed by atoms with Crippen LogP contribution < -0.4 is 5.73 Å². The lowest BCUT2D eigenvalue weighted by Gasteiger charge is -2.05. The Labute approximate surface area is 124 Å². The van der Waals surface area contributed by atoms with E-state index in [1.165, 1.54) is 0 Å². The molecule has 0 aliphatic heterocycles. The number of sulfone groups is 1. The Balaban J connectivity index is 2.06. The van der Waals surface area contributed by atoms with Crippen LogP contribution in [0.15, 0.2) is 53.4 Å². The van der Waals surface area contributed by atoms with Crippen LogP contribution in [0.5, 0.6) is 0 Å². The van der Waals surface area contributed by atoms with Crippen LogP contribution in [0.3, 0.4) is 0 Å². The summed E-state index contributed by atoms with van der Waals surface area (Å²) in [6, 6.07) is 13.1. The van der Waals surface area contributed by atoms with E-state index in [2.05, 4.69) is 0 Å². The molecule has 0 radical (unpaired) electrons. The predicted molar refractivity (Wildman–Crippen MR) is 83.0 cm³/mol. The van der Waals surface area contributed by atoms with E-state index in [0.29, 0.717) is 11.3 Å². The molecule has 2 rings (SSSR count). The molecule has 0 bridgehead atoms. The lowest BCUT2D eigenvalue weighted by Crippen LogP contribution is -2.11. The van der Waals surface area contributed by atoms with Crippen LogP contribution in [0.4, 0.5) is 5.69 Å². The van der Waals surface area contributed by atoms with Crippen LogP contribution in [0.1, 0.15) is 22.3 Å². The molecular weight excluding hydrogens is 286 g/mol. The minimum absolute atomic E-state index is 0.0415. The van der Waals surface area contributed by atoms with Crippen molar-refractivity contribution in [2.24, 2.45) is 0 Å². The second kappa shape index (κ2) is 6.10. The fraction of sp³-hybridized carbons (Fsp3) is 0.188. The molecule has 2 aromatic rings. The molecule has 0 atom stereocenters. The molecule has 0 aliphatic carbocycles. The van der Waals surface area contributed by atoms with Crippen molar-refractivity contribution in [1.29, 1.82) is 0 Å². The Morgan fingerprint density at radius 1 is 1.00 bits per heavy atom. The largest absolute Gasteiger partial charge is 0.399 e. The zero-order valence-corrected chi connectivity index (χ0v) is 12.6. The van der Waals surface area contributed by atoms with Gasteiger partial charge in [-0.25, -0.2) is 8.42 Å². The Morgan fingerprint density at radius 3 is 2.14 bits per heavy atom. The van der Waals surface area contributed by atoms with Gasteiger partial charge in [-0.15, -0.1) is 0 Å². The van der Waals surface area contributed by atoms with Crippen LogP contribution in [0.25, 0.3) is 0 Å². The molecule has 2 N–H and O–H groups in total. The molecule has 0 saturated carbocycles. The highest BCUT2D eigenvalue weighted by Crippen LogP contribution is 2.15. The first-order valence-electron chi connectivity index (χ1n) is 6.57. The first kappa shape index (κ1) is 15.3. The summed E-state index contributed by atoms with van der Waals surface area (Å²) in [5.74, 6) is -0.398. The minimum atomic E-state index is -3.43. The summed E-state index contributed by atoms with van der Waals surface area (Å²) in [4.78, 5) is 12.2. The monoisotopic (exact) mass is 303 g/mol. The topological polar surface area (TPSA) is 77.2 Å². The average molecular weight is 303 g/mol. The number of nitrogen functional groups attached to an aromatic ring is 1. The molecule has 0 amide bonds. The maximum atomic E-state index is 12.2. The SMILES string of the molecule is Cc1ccc(S(=O)(=O)CCC(=O)c2ccc(N)cc2)cc1. The van der Waals surface area contributed by atoms with Gasteiger partial charge >= 0.3 is 0 Å². The number of carbonyl (C=O) groups excluding carboxylic acids is 1. The highest BCUT2D eigenvalue weighted by molar-refractivity contribution is 7.91. The lowest BCUT2D eigenvalue weighted by molar-refractivity contribution is 0.0989. The van der Waals surface area contributed by atoms with Gasteiger partial charge in [-0.05, 0) is 43.3 Å². The Kier molecular flexibility index (Phi) is 4.43. The summed E-state index contributed by atoms with van der Waals surface area (Å²) in [6.07, 6.45) is -0.0415. The van der Waals surface area contributed by atoms with Crippen molar-refractivity contribution in [1.82, 2.24) is 0 Å². The van der Waals surface area contributed by atoms with Gasteiger partial charge in [0.25, 0.3) is 0 Å². The van der Waals surface area contributed by atoms with Gasteiger partial charge in [0.1, 0.15) is 0 Å². The zero-order chi connectivity index (χ0) is 15.5. The molecule has 0 saturated heterocycles. The van der Waals surface area contributed by atoms with Gasteiger partial charge < -0.3 is 5.73 Å². The number of hydrogen-bond donors (Lipinski definition) is 1. The number of Topliss-reactive ketones (excluding diaryl/α,β-unsaturated/α-hetero) is 1. The maximum absolute atomic E-state index is 12.2. The van der Waals surface area contributed by atoms with Crippen LogP contribution in [-0.4, -0.2) is 20.0 Å². The van der Waals surface area contributed by atoms with Crippen molar-refractivity contribution in [3.05, 3.63) is 59.7 Å². The molecular formula is C16H17NO3S. The highest BCUT2D eigenvalue weighted by atomic mass is 32.2. The molecule has 4 nitrogen and oxygen atoms in total. The van der Waals surface area contributed by atoms with Crippen LogP contribution in [0, 0.1) is 6.92 Å². The van der Waals surface area contributed by atoms with Gasteiger partial charge in [0.05, 0.1) is 10.6 Å². The summed E-state index contributed by atoms with van der Waals surface area (Å²) in [5.41, 5.74) is 7.59. The molecule has 0 heterocycles. The van der Waals surface area contributed by atoms with E-state index in [-0.39, 0.29) is 22.9 Å². The second-order valence-electron chi connectivity index (χ2n) is 4.93. The third kappa shape index (κ3) is 3.92. The number of nitrogens with two attached hydrogens (primary N) is 1. The zero-order valence-electron chi connectivity index (χ0n) is 11.7. The van der Waals surface area contributed by atoms with Crippen molar-refractivity contribution in [3.63, 3.8) is 0 Å². The number of benzene rings is 2. The van der Waals surface area contributed by atoms with E-state index in [1.807, 2.05) is 6.92 Å². The summed E-state index contributed by atoms with van der Waals surface area (Å²) in [5, 5.41) is 0. The van der Waals surface area contributed by atoms with Gasteiger partial charge in [0, 0.05) is 17.7 Å². The fourth-order valence-electron chi connectivity index (χ4n) is 1.90. The Morgan fingerprint density at radius 2 is 1.57 bits per heavy atom. The lowest BCUT2D eigenvalue weighted by atomic mass is 10.1. The highest BCUT2D eigenvalue weighted by Gasteiger charge is 2.17.